The van der Waals surface area contributed by atoms with E-state index < -0.39 is 44.4 Å². The predicted molar refractivity (Wildman–Crippen MR) is 294 cm³/mol. The van der Waals surface area contributed by atoms with Gasteiger partial charge in [0.15, 0.2) is 38.8 Å². The minimum absolute atomic E-state index is 0.368. The van der Waals surface area contributed by atoms with E-state index in [1.165, 1.54) is 57.8 Å². The number of nitriles is 7. The summed E-state index contributed by atoms with van der Waals surface area (Å²) in [4.78, 5) is 3.71. The first-order chi connectivity index (χ1) is 34.7. The SMILES string of the molecule is CC(C)CC(C)(C#N)N=NC(C)(C#N)CC(C)C.CCCC(C)(C#N)N=NC(C)(C#N)CCC.CCCCCCCCCCCC(C)(C#N)N=NC(C)(C)C#N.[C-]#[N+]C1(N=NC2(C#N)CCCCC2)CCCCC1. The number of nitrogens with zero attached hydrogens (tertiary/aromatic N) is 16. The summed E-state index contributed by atoms with van der Waals surface area (Å²) in [5, 5.41) is 97.3. The molecule has 0 bridgehead atoms. The molecule has 0 aliphatic heterocycles. The van der Waals surface area contributed by atoms with Gasteiger partial charge in [0.25, 0.3) is 0 Å². The Bertz CT molecular complexity index is 1970. The predicted octanol–water partition coefficient (Wildman–Crippen LogP) is 17.9. The monoisotopic (exact) mass is 1020 g/mol. The van der Waals surface area contributed by atoms with Crippen LogP contribution in [0.2, 0.25) is 0 Å². The van der Waals surface area contributed by atoms with Gasteiger partial charge in [0.2, 0.25) is 0 Å². The van der Waals surface area contributed by atoms with Crippen LogP contribution < -0.4 is 0 Å². The van der Waals surface area contributed by atoms with Crippen molar-refractivity contribution in [3.63, 3.8) is 0 Å². The van der Waals surface area contributed by atoms with Crippen molar-refractivity contribution in [2.45, 2.75) is 308 Å². The highest BCUT2D eigenvalue weighted by molar-refractivity contribution is 5.11. The summed E-state index contributed by atoms with van der Waals surface area (Å²) in [6.07, 6.45) is 26.3. The molecule has 2 rings (SSSR count). The second-order valence-corrected chi connectivity index (χ2v) is 23.0. The second-order valence-electron chi connectivity index (χ2n) is 23.0. The van der Waals surface area contributed by atoms with Crippen molar-refractivity contribution >= 4 is 0 Å². The third-order valence-electron chi connectivity index (χ3n) is 13.0. The molecule has 0 aromatic heterocycles. The summed E-state index contributed by atoms with van der Waals surface area (Å²) in [6.45, 7) is 34.0. The third-order valence-corrected chi connectivity index (χ3v) is 13.0. The Morgan fingerprint density at radius 3 is 1.12 bits per heavy atom. The van der Waals surface area contributed by atoms with Crippen LogP contribution in [-0.2, 0) is 0 Å². The molecule has 0 amide bonds. The fraction of sp³-hybridized carbons (Fsp3) is 0.862. The van der Waals surface area contributed by atoms with E-state index in [0.29, 0.717) is 43.9 Å². The molecule has 0 N–H and O–H groups in total. The largest absolute Gasteiger partial charge is 0.340 e. The van der Waals surface area contributed by atoms with Crippen molar-refractivity contribution in [1.82, 2.24) is 0 Å². The van der Waals surface area contributed by atoms with Crippen LogP contribution in [0.15, 0.2) is 40.9 Å². The third kappa shape index (κ3) is 30.5. The average molecular weight is 1020 g/mol. The van der Waals surface area contributed by atoms with Gasteiger partial charge in [-0.25, -0.2) is 6.57 Å². The fourth-order valence-electron chi connectivity index (χ4n) is 8.56. The summed E-state index contributed by atoms with van der Waals surface area (Å²) in [6, 6.07) is 15.3. The van der Waals surface area contributed by atoms with Crippen molar-refractivity contribution in [2.75, 3.05) is 0 Å². The van der Waals surface area contributed by atoms with Gasteiger partial charge in [-0.05, 0) is 137 Å². The van der Waals surface area contributed by atoms with E-state index >= 15 is 0 Å². The lowest BCUT2D eigenvalue weighted by molar-refractivity contribution is 0.304. The number of hydrogen-bond acceptors (Lipinski definition) is 15. The van der Waals surface area contributed by atoms with Crippen molar-refractivity contribution in [1.29, 1.82) is 36.8 Å². The van der Waals surface area contributed by atoms with Crippen LogP contribution in [0.3, 0.4) is 0 Å². The Labute approximate surface area is 450 Å². The minimum Gasteiger partial charge on any atom is -0.283 e. The van der Waals surface area contributed by atoms with Gasteiger partial charge in [0.1, 0.15) is 0 Å². The zero-order valence-corrected chi connectivity index (χ0v) is 48.7. The second kappa shape index (κ2) is 36.3. The first-order valence-electron chi connectivity index (χ1n) is 27.8. The summed E-state index contributed by atoms with van der Waals surface area (Å²) >= 11 is 0. The molecule has 16 nitrogen and oxygen atoms in total. The lowest BCUT2D eigenvalue weighted by Gasteiger charge is -2.27. The van der Waals surface area contributed by atoms with E-state index in [9.17, 15) is 21.0 Å². The maximum absolute atomic E-state index is 9.35. The lowest BCUT2D eigenvalue weighted by Crippen LogP contribution is -2.30. The molecule has 0 radical (unpaired) electrons. The molecular formula is C58H96N16. The first-order valence-corrected chi connectivity index (χ1v) is 27.8. The molecule has 5 atom stereocenters. The topological polar surface area (TPSA) is 270 Å². The molecule has 0 saturated heterocycles. The molecule has 74 heavy (non-hydrogen) atoms. The first kappa shape index (κ1) is 70.4. The van der Waals surface area contributed by atoms with Gasteiger partial charge in [-0.15, -0.1) is 5.11 Å². The highest BCUT2D eigenvalue weighted by Gasteiger charge is 2.41. The van der Waals surface area contributed by atoms with E-state index in [0.717, 1.165) is 77.0 Å². The molecule has 0 aromatic rings. The van der Waals surface area contributed by atoms with Crippen LogP contribution in [0.1, 0.15) is 264 Å². The van der Waals surface area contributed by atoms with Crippen LogP contribution >= 0.6 is 0 Å². The van der Waals surface area contributed by atoms with E-state index in [4.69, 9.17) is 22.4 Å². The summed E-state index contributed by atoms with van der Waals surface area (Å²) < 4.78 is 0. The van der Waals surface area contributed by atoms with Crippen LogP contribution in [-0.4, -0.2) is 44.4 Å². The van der Waals surface area contributed by atoms with Gasteiger partial charge in [-0.2, -0.15) is 72.6 Å². The van der Waals surface area contributed by atoms with Crippen molar-refractivity contribution in [2.24, 2.45) is 52.7 Å². The quantitative estimate of drug-likeness (QED) is 0.0458. The normalized spacial score (nSPS) is 19.1. The molecule has 408 valence electrons. The number of rotatable bonds is 26. The molecular weight excluding hydrogens is 921 g/mol. The molecule has 0 spiro atoms. The molecule has 2 saturated carbocycles. The van der Waals surface area contributed by atoms with Gasteiger partial charge in [-0.1, -0.05) is 126 Å². The maximum Gasteiger partial charge on any atom is 0.340 e. The molecule has 0 heterocycles. The summed E-state index contributed by atoms with van der Waals surface area (Å²) in [5.41, 5.74) is -6.17. The fourth-order valence-corrected chi connectivity index (χ4v) is 8.56. The van der Waals surface area contributed by atoms with Crippen LogP contribution in [0.4, 0.5) is 0 Å². The van der Waals surface area contributed by atoms with Crippen molar-refractivity contribution in [3.05, 3.63) is 11.4 Å². The van der Waals surface area contributed by atoms with E-state index in [1.54, 1.807) is 48.5 Å². The Morgan fingerprint density at radius 2 is 0.784 bits per heavy atom. The van der Waals surface area contributed by atoms with Crippen LogP contribution in [0.25, 0.3) is 4.85 Å². The Balaban J connectivity index is 0. The van der Waals surface area contributed by atoms with Gasteiger partial charge in [0, 0.05) is 12.8 Å². The van der Waals surface area contributed by atoms with Gasteiger partial charge in [0.05, 0.1) is 42.5 Å². The Morgan fingerprint density at radius 1 is 0.432 bits per heavy atom. The highest BCUT2D eigenvalue weighted by Crippen LogP contribution is 2.37. The van der Waals surface area contributed by atoms with Gasteiger partial charge >= 0.3 is 5.66 Å². The molecule has 16 heteroatoms. The lowest BCUT2D eigenvalue weighted by atomic mass is 9.84. The van der Waals surface area contributed by atoms with Crippen molar-refractivity contribution < 1.29 is 0 Å². The summed E-state index contributed by atoms with van der Waals surface area (Å²) in [5.74, 6) is 0.735. The molecule has 2 aliphatic rings. The molecule has 5 unspecified atom stereocenters. The summed E-state index contributed by atoms with van der Waals surface area (Å²) in [7, 11) is 0. The number of hydrogen-bond donors (Lipinski definition) is 0. The molecule has 2 fully saturated rings. The van der Waals surface area contributed by atoms with E-state index in [2.05, 4.69) is 95.2 Å². The molecule has 2 aliphatic carbocycles. The Kier molecular flexibility index (Phi) is 34.5. The minimum atomic E-state index is -0.851. The van der Waals surface area contributed by atoms with Gasteiger partial charge < -0.3 is 0 Å². The Hall–Kier alpha value is -5.68. The number of unbranched alkanes of at least 4 members (excludes halogenated alkanes) is 8. The zero-order chi connectivity index (χ0) is 56.9. The standard InChI is InChI=1S/C18H32N4.C14H20N4.C14H24N4.C12H20N4/c1-5-6-7-8-9-10-11-12-13-14-18(4,16-20)22-21-17(2,3)15-19;1-16-14(10-6-3-7-11-14)18-17-13(12-15)8-4-2-5-9-13;1-11(2)7-13(5,9-15)17-18-14(6,10-16)8-12(3)4;1-5-7-11(3,9-13)15-16-12(4,10-14)8-6-2/h5-14H2,1-4H3;2-11H2;11-12H,7-8H2,1-6H3;5-8H2,1-4H3. The van der Waals surface area contributed by atoms with Crippen molar-refractivity contribution in [3.8, 4) is 42.5 Å². The van der Waals surface area contributed by atoms with Crippen LogP contribution in [0.5, 0.6) is 0 Å². The van der Waals surface area contributed by atoms with Gasteiger partial charge in [-0.3, -0.25) is 4.85 Å². The van der Waals surface area contributed by atoms with E-state index in [-0.39, 0.29) is 0 Å². The smallest absolute Gasteiger partial charge is 0.283 e. The highest BCUT2D eigenvalue weighted by atomic mass is 15.3. The van der Waals surface area contributed by atoms with Crippen LogP contribution in [0, 0.1) is 97.7 Å². The van der Waals surface area contributed by atoms with E-state index in [1.807, 2.05) is 41.5 Å². The molecule has 0 aromatic carbocycles. The number of azo groups is 4. The average Bonchev–Trinajstić information content (AvgIpc) is 3.39. The zero-order valence-electron chi connectivity index (χ0n) is 48.7. The maximum atomic E-state index is 9.35.